The van der Waals surface area contributed by atoms with Crippen LogP contribution in [0.25, 0.3) is 0 Å². The van der Waals surface area contributed by atoms with E-state index in [1.54, 1.807) is 19.2 Å². The molecule has 2 rings (SSSR count). The van der Waals surface area contributed by atoms with Gasteiger partial charge in [0, 0.05) is 12.1 Å². The van der Waals surface area contributed by atoms with Crippen molar-refractivity contribution in [2.75, 3.05) is 13.7 Å². The molecule has 1 aromatic carbocycles. The van der Waals surface area contributed by atoms with E-state index in [1.807, 2.05) is 6.07 Å². The first-order valence-electron chi connectivity index (χ1n) is 6.36. The van der Waals surface area contributed by atoms with Gasteiger partial charge < -0.3 is 15.2 Å². The second-order valence-corrected chi connectivity index (χ2v) is 4.76. The maximum absolute atomic E-state index is 9.70. The van der Waals surface area contributed by atoms with Gasteiger partial charge in [-0.25, -0.2) is 0 Å². The maximum atomic E-state index is 9.70. The molecule has 3 nitrogen and oxygen atoms in total. The van der Waals surface area contributed by atoms with Crippen molar-refractivity contribution in [1.82, 2.24) is 5.32 Å². The van der Waals surface area contributed by atoms with Crippen molar-refractivity contribution >= 4 is 0 Å². The van der Waals surface area contributed by atoms with Gasteiger partial charge >= 0.3 is 0 Å². The molecule has 1 aliphatic carbocycles. The van der Waals surface area contributed by atoms with Crippen LogP contribution in [0.3, 0.4) is 0 Å². The number of nitrogens with one attached hydrogen (secondary N) is 1. The average Bonchev–Trinajstić information content (AvgIpc) is 2.28. The zero-order valence-electron chi connectivity index (χ0n) is 10.4. The monoisotopic (exact) mass is 235 g/mol. The molecule has 3 heteroatoms. The molecule has 1 fully saturated rings. The number of methoxy groups -OCH3 is 1. The number of phenolic OH excluding ortho intramolecular Hbond substituents is 1. The predicted molar refractivity (Wildman–Crippen MR) is 68.3 cm³/mol. The van der Waals surface area contributed by atoms with E-state index in [0.717, 1.165) is 23.8 Å². The van der Waals surface area contributed by atoms with E-state index in [1.165, 1.54) is 25.7 Å². The van der Waals surface area contributed by atoms with Crippen molar-refractivity contribution in [3.05, 3.63) is 23.8 Å². The SMILES string of the molecule is COc1ccc(O)c(CNCCC2CCC2)c1. The number of rotatable bonds is 6. The number of ether oxygens (including phenoxy) is 1. The summed E-state index contributed by atoms with van der Waals surface area (Å²) in [5, 5.41) is 13.1. The van der Waals surface area contributed by atoms with Gasteiger partial charge in [0.05, 0.1) is 7.11 Å². The van der Waals surface area contributed by atoms with Crippen LogP contribution in [0.1, 0.15) is 31.2 Å². The fourth-order valence-corrected chi connectivity index (χ4v) is 2.14. The Morgan fingerprint density at radius 3 is 2.88 bits per heavy atom. The van der Waals surface area contributed by atoms with Crippen LogP contribution < -0.4 is 10.1 Å². The van der Waals surface area contributed by atoms with Crippen LogP contribution in [0.5, 0.6) is 11.5 Å². The molecule has 0 aromatic heterocycles. The minimum absolute atomic E-state index is 0.335. The van der Waals surface area contributed by atoms with Gasteiger partial charge in [-0.2, -0.15) is 0 Å². The van der Waals surface area contributed by atoms with Gasteiger partial charge in [-0.1, -0.05) is 19.3 Å². The third-order valence-corrected chi connectivity index (χ3v) is 3.56. The molecule has 0 unspecified atom stereocenters. The van der Waals surface area contributed by atoms with E-state index in [0.29, 0.717) is 12.3 Å². The lowest BCUT2D eigenvalue weighted by molar-refractivity contribution is 0.292. The Labute approximate surface area is 103 Å². The molecule has 1 aromatic rings. The van der Waals surface area contributed by atoms with E-state index in [2.05, 4.69) is 5.32 Å². The summed E-state index contributed by atoms with van der Waals surface area (Å²) in [5.41, 5.74) is 0.901. The van der Waals surface area contributed by atoms with Crippen LogP contribution in [0.4, 0.5) is 0 Å². The minimum atomic E-state index is 0.335. The highest BCUT2D eigenvalue weighted by Crippen LogP contribution is 2.29. The lowest BCUT2D eigenvalue weighted by Gasteiger charge is -2.25. The Bertz CT molecular complexity index is 361. The number of phenols is 1. The lowest BCUT2D eigenvalue weighted by atomic mass is 9.83. The lowest BCUT2D eigenvalue weighted by Crippen LogP contribution is -2.21. The van der Waals surface area contributed by atoms with E-state index < -0.39 is 0 Å². The van der Waals surface area contributed by atoms with Gasteiger partial charge in [-0.3, -0.25) is 0 Å². The van der Waals surface area contributed by atoms with Crippen molar-refractivity contribution in [3.8, 4) is 11.5 Å². The molecule has 0 aliphatic heterocycles. The van der Waals surface area contributed by atoms with Crippen LogP contribution >= 0.6 is 0 Å². The summed E-state index contributed by atoms with van der Waals surface area (Å²) in [4.78, 5) is 0. The van der Waals surface area contributed by atoms with Crippen LogP contribution in [-0.2, 0) is 6.54 Å². The molecule has 94 valence electrons. The quantitative estimate of drug-likeness (QED) is 0.745. The summed E-state index contributed by atoms with van der Waals surface area (Å²) in [6.45, 7) is 1.73. The van der Waals surface area contributed by atoms with Crippen molar-refractivity contribution in [2.45, 2.75) is 32.2 Å². The highest BCUT2D eigenvalue weighted by atomic mass is 16.5. The summed E-state index contributed by atoms with van der Waals surface area (Å²) in [5.74, 6) is 2.06. The molecule has 0 saturated heterocycles. The molecule has 0 radical (unpaired) electrons. The third kappa shape index (κ3) is 3.37. The average molecular weight is 235 g/mol. The Morgan fingerprint density at radius 2 is 2.24 bits per heavy atom. The van der Waals surface area contributed by atoms with Gasteiger partial charge in [0.15, 0.2) is 0 Å². The van der Waals surface area contributed by atoms with Gasteiger partial charge in [-0.15, -0.1) is 0 Å². The van der Waals surface area contributed by atoms with Crippen molar-refractivity contribution in [1.29, 1.82) is 0 Å². The highest BCUT2D eigenvalue weighted by Gasteiger charge is 2.16. The molecule has 0 atom stereocenters. The molecular formula is C14H21NO2. The van der Waals surface area contributed by atoms with Gasteiger partial charge in [0.25, 0.3) is 0 Å². The smallest absolute Gasteiger partial charge is 0.120 e. The largest absolute Gasteiger partial charge is 0.508 e. The first kappa shape index (κ1) is 12.2. The molecule has 1 aliphatic rings. The molecular weight excluding hydrogens is 214 g/mol. The second-order valence-electron chi connectivity index (χ2n) is 4.76. The first-order chi connectivity index (χ1) is 8.29. The van der Waals surface area contributed by atoms with Crippen LogP contribution in [0.15, 0.2) is 18.2 Å². The third-order valence-electron chi connectivity index (χ3n) is 3.56. The van der Waals surface area contributed by atoms with Gasteiger partial charge in [-0.05, 0) is 37.1 Å². The molecule has 2 N–H and O–H groups in total. The number of hydrogen-bond donors (Lipinski definition) is 2. The Kier molecular flexibility index (Phi) is 4.26. The second kappa shape index (κ2) is 5.92. The number of benzene rings is 1. The zero-order valence-corrected chi connectivity index (χ0v) is 10.4. The van der Waals surface area contributed by atoms with E-state index in [9.17, 15) is 5.11 Å². The Balaban J connectivity index is 1.76. The fraction of sp³-hybridized carbons (Fsp3) is 0.571. The molecule has 0 bridgehead atoms. The Hall–Kier alpha value is -1.22. The summed E-state index contributed by atoms with van der Waals surface area (Å²) < 4.78 is 5.14. The highest BCUT2D eigenvalue weighted by molar-refractivity contribution is 5.39. The summed E-state index contributed by atoms with van der Waals surface area (Å²) in [6, 6.07) is 5.33. The summed E-state index contributed by atoms with van der Waals surface area (Å²) in [6.07, 6.45) is 5.45. The number of hydrogen-bond acceptors (Lipinski definition) is 3. The summed E-state index contributed by atoms with van der Waals surface area (Å²) >= 11 is 0. The van der Waals surface area contributed by atoms with Gasteiger partial charge in [0.1, 0.15) is 11.5 Å². The van der Waals surface area contributed by atoms with Crippen molar-refractivity contribution < 1.29 is 9.84 Å². The molecule has 0 heterocycles. The summed E-state index contributed by atoms with van der Waals surface area (Å²) in [7, 11) is 1.64. The van der Waals surface area contributed by atoms with Crippen LogP contribution in [0, 0.1) is 5.92 Å². The van der Waals surface area contributed by atoms with E-state index in [-0.39, 0.29) is 0 Å². The molecule has 17 heavy (non-hydrogen) atoms. The minimum Gasteiger partial charge on any atom is -0.508 e. The van der Waals surface area contributed by atoms with Crippen molar-refractivity contribution in [2.24, 2.45) is 5.92 Å². The van der Waals surface area contributed by atoms with Crippen molar-refractivity contribution in [3.63, 3.8) is 0 Å². The molecule has 0 spiro atoms. The first-order valence-corrected chi connectivity index (χ1v) is 6.36. The zero-order chi connectivity index (χ0) is 12.1. The van der Waals surface area contributed by atoms with Gasteiger partial charge in [0.2, 0.25) is 0 Å². The molecule has 1 saturated carbocycles. The fourth-order valence-electron chi connectivity index (χ4n) is 2.14. The van der Waals surface area contributed by atoms with E-state index >= 15 is 0 Å². The van der Waals surface area contributed by atoms with E-state index in [4.69, 9.17) is 4.74 Å². The maximum Gasteiger partial charge on any atom is 0.120 e. The Morgan fingerprint density at radius 1 is 1.41 bits per heavy atom. The normalized spacial score (nSPS) is 15.6. The van der Waals surface area contributed by atoms with Crippen LogP contribution in [-0.4, -0.2) is 18.8 Å². The standard InChI is InChI=1S/C14H21NO2/c1-17-13-5-6-14(16)12(9-13)10-15-8-7-11-3-2-4-11/h5-6,9,11,15-16H,2-4,7-8,10H2,1H3. The molecule has 0 amide bonds. The predicted octanol–water partition coefficient (Wildman–Crippen LogP) is 2.68. The van der Waals surface area contributed by atoms with Crippen LogP contribution in [0.2, 0.25) is 0 Å². The topological polar surface area (TPSA) is 41.5 Å². The number of aromatic hydroxyl groups is 1.